The number of nitrogens with zero attached hydrogens (tertiary/aromatic N) is 2. The Morgan fingerprint density at radius 2 is 0.833 bits per heavy atom. The Bertz CT molecular complexity index is 1600. The summed E-state index contributed by atoms with van der Waals surface area (Å²) in [6.45, 7) is 0. The molecule has 0 fully saturated rings. The average Bonchev–Trinajstić information content (AvgIpc) is 2.90. The third-order valence-corrected chi connectivity index (χ3v) is 17.4. The van der Waals surface area contributed by atoms with Gasteiger partial charge in [0.2, 0.25) is 0 Å². The number of para-hydroxylation sites is 2. The molecule has 3 aliphatic rings. The number of anilines is 6. The van der Waals surface area contributed by atoms with Crippen molar-refractivity contribution in [2.45, 2.75) is 0 Å². The predicted molar refractivity (Wildman–Crippen MR) is 160 cm³/mol. The number of rotatable bonds is 2. The van der Waals surface area contributed by atoms with E-state index in [4.69, 9.17) is 4.74 Å². The molecule has 3 nitrogen and oxygen atoms in total. The van der Waals surface area contributed by atoms with Gasteiger partial charge in [0, 0.05) is 0 Å². The van der Waals surface area contributed by atoms with Crippen LogP contribution in [0.4, 0.5) is 34.1 Å². The molecule has 3 heterocycles. The number of ether oxygens (including phenoxy) is 1. The normalized spacial score (nSPS) is 17.9. The molecule has 0 spiro atoms. The summed E-state index contributed by atoms with van der Waals surface area (Å²) >= 11 is 9.01. The fourth-order valence-corrected chi connectivity index (χ4v) is 16.5. The molecular formula is C30H19Br2N2OP. The molecule has 8 rings (SSSR count). The van der Waals surface area contributed by atoms with Crippen LogP contribution in [0.2, 0.25) is 0 Å². The van der Waals surface area contributed by atoms with Gasteiger partial charge in [-0.2, -0.15) is 0 Å². The van der Waals surface area contributed by atoms with Crippen LogP contribution in [-0.2, 0) is 0 Å². The topological polar surface area (TPSA) is 15.7 Å². The Morgan fingerprint density at radius 3 is 1.28 bits per heavy atom. The van der Waals surface area contributed by atoms with E-state index < -0.39 is 4.01 Å². The molecule has 0 saturated carbocycles. The van der Waals surface area contributed by atoms with Gasteiger partial charge in [-0.1, -0.05) is 0 Å². The fraction of sp³-hybridized carbons (Fsp3) is 0. The Balaban J connectivity index is 1.59. The number of halogens is 2. The molecule has 36 heavy (non-hydrogen) atoms. The fourth-order valence-electron chi connectivity index (χ4n) is 6.04. The molecule has 0 bridgehead atoms. The first-order valence-corrected chi connectivity index (χ1v) is 18.1. The molecule has 5 aromatic rings. The van der Waals surface area contributed by atoms with Crippen LogP contribution in [0, 0.1) is 0 Å². The van der Waals surface area contributed by atoms with E-state index in [0.29, 0.717) is 0 Å². The van der Waals surface area contributed by atoms with Crippen LogP contribution in [-0.4, -0.2) is 0 Å². The predicted octanol–water partition coefficient (Wildman–Crippen LogP) is 8.81. The Kier molecular flexibility index (Phi) is 4.09. The molecule has 0 aliphatic carbocycles. The Hall–Kier alpha value is -3.11. The molecule has 0 unspecified atom stereocenters. The second kappa shape index (κ2) is 7.01. The van der Waals surface area contributed by atoms with Gasteiger partial charge in [-0.25, -0.2) is 0 Å². The zero-order chi connectivity index (χ0) is 24.1. The first-order valence-electron chi connectivity index (χ1n) is 11.8. The van der Waals surface area contributed by atoms with Crippen molar-refractivity contribution in [3.05, 3.63) is 115 Å². The van der Waals surface area contributed by atoms with E-state index >= 15 is 0 Å². The maximum absolute atomic E-state index is 6.67. The minimum absolute atomic E-state index is 0.887. The van der Waals surface area contributed by atoms with Gasteiger partial charge < -0.3 is 0 Å². The SMILES string of the molecule is BrP12(Br)c3c4cccc3N(c3ccccc3)c3cccc(c31)N(c1ccccc1)c1cccc(c12)O4. The van der Waals surface area contributed by atoms with Gasteiger partial charge in [0.25, 0.3) is 0 Å². The second-order valence-electron chi connectivity index (χ2n) is 9.24. The average molecular weight is 614 g/mol. The Morgan fingerprint density at radius 1 is 0.444 bits per heavy atom. The molecule has 0 N–H and O–H groups in total. The maximum atomic E-state index is 6.67. The summed E-state index contributed by atoms with van der Waals surface area (Å²) in [6, 6.07) is 40.6. The molecule has 3 aliphatic heterocycles. The molecule has 174 valence electrons. The van der Waals surface area contributed by atoms with Gasteiger partial charge in [0.05, 0.1) is 0 Å². The van der Waals surface area contributed by atoms with E-state index in [2.05, 4.69) is 156 Å². The van der Waals surface area contributed by atoms with E-state index in [1.54, 1.807) is 0 Å². The van der Waals surface area contributed by atoms with Gasteiger partial charge >= 0.3 is 226 Å². The molecule has 5 aromatic carbocycles. The van der Waals surface area contributed by atoms with E-state index in [0.717, 1.165) is 45.6 Å². The quantitative estimate of drug-likeness (QED) is 0.182. The van der Waals surface area contributed by atoms with Crippen molar-refractivity contribution < 1.29 is 4.74 Å². The van der Waals surface area contributed by atoms with Gasteiger partial charge in [0.15, 0.2) is 0 Å². The second-order valence-corrected chi connectivity index (χ2v) is 23.8. The van der Waals surface area contributed by atoms with Crippen molar-refractivity contribution in [2.24, 2.45) is 0 Å². The number of hydrogen-bond acceptors (Lipinski definition) is 3. The van der Waals surface area contributed by atoms with Crippen molar-refractivity contribution >= 4 is 85.0 Å². The third-order valence-electron chi connectivity index (χ3n) is 7.34. The van der Waals surface area contributed by atoms with Crippen LogP contribution >= 0.6 is 35.0 Å². The summed E-state index contributed by atoms with van der Waals surface area (Å²) < 4.78 is 3.41. The van der Waals surface area contributed by atoms with Gasteiger partial charge in [-0.15, -0.1) is 0 Å². The van der Waals surface area contributed by atoms with Gasteiger partial charge in [-0.05, 0) is 0 Å². The first-order chi connectivity index (χ1) is 17.6. The van der Waals surface area contributed by atoms with E-state index in [1.165, 1.54) is 15.9 Å². The van der Waals surface area contributed by atoms with Crippen molar-refractivity contribution in [1.82, 2.24) is 0 Å². The van der Waals surface area contributed by atoms with Gasteiger partial charge in [0.1, 0.15) is 0 Å². The first kappa shape index (κ1) is 21.0. The zero-order valence-electron chi connectivity index (χ0n) is 19.0. The van der Waals surface area contributed by atoms with Crippen molar-refractivity contribution in [2.75, 3.05) is 9.80 Å². The summed E-state index contributed by atoms with van der Waals surface area (Å²) in [5.74, 6) is 1.77. The Labute approximate surface area is 225 Å². The molecule has 6 heteroatoms. The summed E-state index contributed by atoms with van der Waals surface area (Å²) in [5.41, 5.74) is 6.82. The third kappa shape index (κ3) is 2.42. The monoisotopic (exact) mass is 612 g/mol. The van der Waals surface area contributed by atoms with Crippen LogP contribution in [0.1, 0.15) is 0 Å². The van der Waals surface area contributed by atoms with Crippen LogP contribution in [0.15, 0.2) is 115 Å². The summed E-state index contributed by atoms with van der Waals surface area (Å²) in [6.07, 6.45) is 0. The van der Waals surface area contributed by atoms with Gasteiger partial charge in [-0.3, -0.25) is 0 Å². The summed E-state index contributed by atoms with van der Waals surface area (Å²) in [4.78, 5) is 4.74. The molecule has 0 saturated heterocycles. The van der Waals surface area contributed by atoms with E-state index in [1.807, 2.05) is 0 Å². The number of hydrogen-bond donors (Lipinski definition) is 0. The van der Waals surface area contributed by atoms with Crippen molar-refractivity contribution in [3.63, 3.8) is 0 Å². The summed E-state index contributed by atoms with van der Waals surface area (Å²) in [7, 11) is 0. The molecule has 0 radical (unpaired) electrons. The molecule has 0 amide bonds. The standard InChI is InChI=1S/C30H19Br2N2OP/c31-36(32)28-22-14-7-15-23(28)34(21-12-5-2-6-13-21)25-17-9-19-27(30(25)36)35-26-18-8-16-24(29(26)36)33(22)20-10-3-1-4-11-20/h1-19H. The van der Waals surface area contributed by atoms with Crippen LogP contribution in [0.5, 0.6) is 11.5 Å². The van der Waals surface area contributed by atoms with E-state index in [-0.39, 0.29) is 0 Å². The van der Waals surface area contributed by atoms with Crippen LogP contribution in [0.25, 0.3) is 0 Å². The van der Waals surface area contributed by atoms with Crippen molar-refractivity contribution in [3.8, 4) is 11.5 Å². The molecular weight excluding hydrogens is 595 g/mol. The molecule has 0 atom stereocenters. The van der Waals surface area contributed by atoms with Crippen molar-refractivity contribution in [1.29, 1.82) is 0 Å². The van der Waals surface area contributed by atoms with Crippen LogP contribution in [0.3, 0.4) is 0 Å². The summed E-state index contributed by atoms with van der Waals surface area (Å²) in [5, 5.41) is 3.62. The number of benzene rings is 5. The van der Waals surface area contributed by atoms with E-state index in [9.17, 15) is 0 Å². The zero-order valence-corrected chi connectivity index (χ0v) is 23.0. The molecule has 0 aromatic heterocycles. The minimum atomic E-state index is -3.26. The van der Waals surface area contributed by atoms with Crippen LogP contribution < -0.4 is 30.5 Å².